The van der Waals surface area contributed by atoms with Crippen LogP contribution in [-0.4, -0.2) is 55.5 Å². The second-order valence-corrected chi connectivity index (χ2v) is 4.09. The van der Waals surface area contributed by atoms with Crippen LogP contribution < -0.4 is 4.72 Å². The first kappa shape index (κ1) is 15.9. The first-order valence-electron chi connectivity index (χ1n) is 4.13. The van der Waals surface area contributed by atoms with Gasteiger partial charge >= 0.3 is 5.97 Å². The van der Waals surface area contributed by atoms with Gasteiger partial charge in [-0.1, -0.05) is 0 Å². The van der Waals surface area contributed by atoms with Crippen molar-refractivity contribution in [1.82, 2.24) is 4.98 Å². The molecule has 0 aromatic carbocycles. The fourth-order valence-corrected chi connectivity index (χ4v) is 2.07. The van der Waals surface area contributed by atoms with Crippen molar-refractivity contribution in [2.45, 2.75) is 13.3 Å². The number of anilines is 1. The molecular weight excluding hydrogens is 263 g/mol. The molecule has 1 rings (SSSR count). The van der Waals surface area contributed by atoms with Crippen LogP contribution in [0.15, 0.2) is 5.38 Å². The summed E-state index contributed by atoms with van der Waals surface area (Å²) < 4.78 is 27.5. The minimum atomic E-state index is -2.71. The topological polar surface area (TPSA) is 85.4 Å². The Morgan fingerprint density at radius 3 is 2.88 bits per heavy atom. The molecule has 0 aliphatic heterocycles. The maximum atomic E-state index is 11.0. The van der Waals surface area contributed by atoms with E-state index in [9.17, 15) is 13.2 Å². The van der Waals surface area contributed by atoms with Gasteiger partial charge in [0.25, 0.3) is 0 Å². The smallest absolute Gasteiger partial charge is 0.311 e. The minimum Gasteiger partial charge on any atom is -0.466 e. The van der Waals surface area contributed by atoms with Crippen LogP contribution in [0.4, 0.5) is 5.13 Å². The molecule has 0 aliphatic carbocycles. The van der Waals surface area contributed by atoms with Gasteiger partial charge in [-0.3, -0.25) is 9.52 Å². The van der Waals surface area contributed by atoms with Crippen molar-refractivity contribution in [3.8, 4) is 0 Å². The molecule has 1 radical (unpaired) electrons. The molecule has 1 aromatic heterocycles. The van der Waals surface area contributed by atoms with Crippen molar-refractivity contribution < 1.29 is 17.9 Å². The van der Waals surface area contributed by atoms with Gasteiger partial charge in [-0.25, -0.2) is 13.4 Å². The van der Waals surface area contributed by atoms with Crippen molar-refractivity contribution >= 4 is 62.9 Å². The summed E-state index contributed by atoms with van der Waals surface area (Å²) >= 11 is 1.12. The molecule has 0 spiro atoms. The first-order valence-corrected chi connectivity index (χ1v) is 6.18. The third-order valence-electron chi connectivity index (χ3n) is 1.37. The van der Waals surface area contributed by atoms with E-state index in [0.717, 1.165) is 11.3 Å². The molecular formula is C7H10N2NaO4S2. The van der Waals surface area contributed by atoms with Crippen LogP contribution in [0.3, 0.4) is 0 Å². The fourth-order valence-electron chi connectivity index (χ4n) is 0.878. The number of aromatic nitrogens is 1. The average molecular weight is 273 g/mol. The summed E-state index contributed by atoms with van der Waals surface area (Å²) in [4.78, 5) is 14.9. The van der Waals surface area contributed by atoms with Crippen molar-refractivity contribution in [2.24, 2.45) is 0 Å². The van der Waals surface area contributed by atoms with Crippen LogP contribution in [0, 0.1) is 0 Å². The Morgan fingerprint density at radius 2 is 2.31 bits per heavy atom. The number of esters is 1. The molecule has 0 saturated heterocycles. The number of thiol groups is 1. The number of hydrogen-bond donors (Lipinski definition) is 2. The summed E-state index contributed by atoms with van der Waals surface area (Å²) in [5, 5.41) is 1.86. The Kier molecular flexibility index (Phi) is 7.94. The number of nitrogens with zero attached hydrogens (tertiary/aromatic N) is 1. The van der Waals surface area contributed by atoms with Crippen molar-refractivity contribution in [2.75, 3.05) is 11.3 Å². The Hall–Kier alpha value is -0.150. The molecule has 0 bridgehead atoms. The molecule has 0 unspecified atom stereocenters. The molecule has 1 N–H and O–H groups in total. The van der Waals surface area contributed by atoms with Gasteiger partial charge < -0.3 is 4.74 Å². The zero-order valence-electron chi connectivity index (χ0n) is 8.93. The van der Waals surface area contributed by atoms with Crippen molar-refractivity contribution in [3.63, 3.8) is 0 Å². The summed E-state index contributed by atoms with van der Waals surface area (Å²) in [5.41, 5.74) is 0.498. The standard InChI is InChI=1S/C7H10N2O4S2.Na/c1-2-13-6(10)3-5-4-14-7(8-5)9-15(11)12;/h4,15H,2-3H2,1H3,(H,8,9,11,12);. The largest absolute Gasteiger partial charge is 0.466 e. The third-order valence-corrected chi connectivity index (χ3v) is 2.72. The molecule has 0 aliphatic rings. The number of nitrogens with one attached hydrogen (secondary N) is 1. The average Bonchev–Trinajstić information content (AvgIpc) is 2.51. The van der Waals surface area contributed by atoms with E-state index in [1.165, 1.54) is 0 Å². The molecule has 9 heteroatoms. The van der Waals surface area contributed by atoms with Gasteiger partial charge in [-0.15, -0.1) is 11.3 Å². The monoisotopic (exact) mass is 273 g/mol. The molecule has 16 heavy (non-hydrogen) atoms. The number of ether oxygens (including phenoxy) is 1. The number of carbonyl (C=O) groups excluding carboxylic acids is 1. The molecule has 1 aromatic rings. The molecule has 1 heterocycles. The van der Waals surface area contributed by atoms with Crippen LogP contribution in [0.2, 0.25) is 0 Å². The summed E-state index contributed by atoms with van der Waals surface area (Å²) in [6, 6.07) is 0. The number of rotatable bonds is 5. The van der Waals surface area contributed by atoms with E-state index in [1.54, 1.807) is 12.3 Å². The van der Waals surface area contributed by atoms with Gasteiger partial charge in [-0.2, -0.15) is 0 Å². The second kappa shape index (κ2) is 8.02. The fraction of sp³-hybridized carbons (Fsp3) is 0.429. The van der Waals surface area contributed by atoms with E-state index in [-0.39, 0.29) is 47.1 Å². The van der Waals surface area contributed by atoms with Crippen molar-refractivity contribution in [1.29, 1.82) is 0 Å². The van der Waals surface area contributed by atoms with E-state index >= 15 is 0 Å². The van der Waals surface area contributed by atoms with Crippen LogP contribution in [-0.2, 0) is 26.8 Å². The Morgan fingerprint density at radius 1 is 1.62 bits per heavy atom. The summed E-state index contributed by atoms with van der Waals surface area (Å²) in [7, 11) is -2.71. The van der Waals surface area contributed by atoms with Gasteiger partial charge in [0, 0.05) is 34.9 Å². The Bertz CT molecular complexity index is 410. The van der Waals surface area contributed by atoms with Gasteiger partial charge in [-0.05, 0) is 6.92 Å². The predicted octanol–water partition coefficient (Wildman–Crippen LogP) is -0.194. The summed E-state index contributed by atoms with van der Waals surface area (Å²) in [5.74, 6) is -0.374. The Balaban J connectivity index is 0.00000225. The number of carbonyl (C=O) groups is 1. The number of hydrogen-bond acceptors (Lipinski definition) is 6. The Labute approximate surface area is 121 Å². The van der Waals surface area contributed by atoms with Crippen molar-refractivity contribution in [3.05, 3.63) is 11.1 Å². The molecule has 6 nitrogen and oxygen atoms in total. The van der Waals surface area contributed by atoms with Crippen LogP contribution in [0.25, 0.3) is 0 Å². The maximum absolute atomic E-state index is 11.0. The van der Waals surface area contributed by atoms with E-state index in [4.69, 9.17) is 4.74 Å². The van der Waals surface area contributed by atoms with E-state index < -0.39 is 10.9 Å². The zero-order valence-corrected chi connectivity index (χ0v) is 12.6. The molecule has 0 atom stereocenters. The third kappa shape index (κ3) is 5.80. The van der Waals surface area contributed by atoms with Crippen LogP contribution in [0.1, 0.15) is 12.6 Å². The maximum Gasteiger partial charge on any atom is 0.311 e. The van der Waals surface area contributed by atoms with Gasteiger partial charge in [0.1, 0.15) is 0 Å². The zero-order chi connectivity index (χ0) is 11.3. The molecule has 0 fully saturated rings. The van der Waals surface area contributed by atoms with Gasteiger partial charge in [0.15, 0.2) is 5.13 Å². The minimum absolute atomic E-state index is 0. The number of thiazole rings is 1. The summed E-state index contributed by atoms with van der Waals surface area (Å²) in [6.45, 7) is 2.04. The normalized spacial score (nSPS) is 9.62. The predicted molar refractivity (Wildman–Crippen MR) is 62.1 cm³/mol. The van der Waals surface area contributed by atoms with E-state index in [1.807, 2.05) is 0 Å². The van der Waals surface area contributed by atoms with Crippen LogP contribution >= 0.6 is 11.3 Å². The van der Waals surface area contributed by atoms with E-state index in [2.05, 4.69) is 9.71 Å². The summed E-state index contributed by atoms with van der Waals surface area (Å²) in [6.07, 6.45) is 0.0572. The van der Waals surface area contributed by atoms with E-state index in [0.29, 0.717) is 12.3 Å². The molecule has 0 amide bonds. The quantitative estimate of drug-likeness (QED) is 0.441. The molecule has 85 valence electrons. The van der Waals surface area contributed by atoms with Crippen LogP contribution in [0.5, 0.6) is 0 Å². The second-order valence-electron chi connectivity index (χ2n) is 2.49. The SMILES string of the molecule is CCOC(=O)Cc1csc(N[SH](=O)=O)n1.[Na]. The first-order chi connectivity index (χ1) is 7.11. The van der Waals surface area contributed by atoms with Gasteiger partial charge in [0.2, 0.25) is 10.9 Å². The molecule has 0 saturated carbocycles. The van der Waals surface area contributed by atoms with Gasteiger partial charge in [0.05, 0.1) is 18.7 Å².